The molecule has 1 aliphatic carbocycles. The van der Waals surface area contributed by atoms with Gasteiger partial charge in [-0.25, -0.2) is 4.79 Å². The standard InChI is InChI=1S/C19H23ClN4O3/c20-14-9-12-8-13(10-21-6-7-22-11-25)27-17(12)15-16(14)23-18(26)24-19(15)4-2-1-3-5-19/h8-9,11,21H,1-7,10H2,(H,22,25)(H2,23,24,26). The highest BCUT2D eigenvalue weighted by molar-refractivity contribution is 6.35. The Hall–Kier alpha value is -2.25. The summed E-state index contributed by atoms with van der Waals surface area (Å²) in [5, 5.41) is 13.3. The molecule has 2 aliphatic rings. The van der Waals surface area contributed by atoms with Gasteiger partial charge in [-0.15, -0.1) is 0 Å². The van der Waals surface area contributed by atoms with Crippen molar-refractivity contribution in [3.8, 4) is 0 Å². The Bertz CT molecular complexity index is 873. The maximum atomic E-state index is 12.3. The fourth-order valence-electron chi connectivity index (χ4n) is 4.25. The number of fused-ring (bicyclic) bond motifs is 4. The van der Waals surface area contributed by atoms with Crippen LogP contribution in [0.15, 0.2) is 16.5 Å². The molecule has 4 rings (SSSR count). The molecule has 1 spiro atoms. The van der Waals surface area contributed by atoms with Crippen LogP contribution in [0.3, 0.4) is 0 Å². The Kier molecular flexibility index (Phi) is 4.97. The third-order valence-electron chi connectivity index (χ3n) is 5.42. The van der Waals surface area contributed by atoms with Crippen molar-refractivity contribution in [2.75, 3.05) is 18.4 Å². The van der Waals surface area contributed by atoms with Gasteiger partial charge in [0.25, 0.3) is 0 Å². The minimum atomic E-state index is -0.421. The number of hydrogen-bond acceptors (Lipinski definition) is 4. The van der Waals surface area contributed by atoms with Crippen molar-refractivity contribution in [3.63, 3.8) is 0 Å². The molecule has 144 valence electrons. The number of furan rings is 1. The number of nitrogens with one attached hydrogen (secondary N) is 4. The normalized spacial score (nSPS) is 18.0. The van der Waals surface area contributed by atoms with Gasteiger partial charge in [-0.05, 0) is 25.0 Å². The first-order valence-electron chi connectivity index (χ1n) is 9.35. The van der Waals surface area contributed by atoms with Gasteiger partial charge < -0.3 is 25.7 Å². The number of carbonyl (C=O) groups excluding carboxylic acids is 2. The van der Waals surface area contributed by atoms with Gasteiger partial charge in [0.15, 0.2) is 0 Å². The summed E-state index contributed by atoms with van der Waals surface area (Å²) in [5.74, 6) is 0.795. The minimum Gasteiger partial charge on any atom is -0.459 e. The summed E-state index contributed by atoms with van der Waals surface area (Å²) < 4.78 is 6.19. The number of hydrogen-bond donors (Lipinski definition) is 4. The van der Waals surface area contributed by atoms with Crippen molar-refractivity contribution in [3.05, 3.63) is 28.5 Å². The van der Waals surface area contributed by atoms with E-state index in [1.54, 1.807) is 0 Å². The lowest BCUT2D eigenvalue weighted by atomic mass is 9.74. The van der Waals surface area contributed by atoms with Crippen molar-refractivity contribution < 1.29 is 14.0 Å². The van der Waals surface area contributed by atoms with Crippen LogP contribution in [0.4, 0.5) is 10.5 Å². The fraction of sp³-hybridized carbons (Fsp3) is 0.474. The summed E-state index contributed by atoms with van der Waals surface area (Å²) in [7, 11) is 0. The van der Waals surface area contributed by atoms with Gasteiger partial charge in [0.1, 0.15) is 11.3 Å². The lowest BCUT2D eigenvalue weighted by Gasteiger charge is -2.42. The summed E-state index contributed by atoms with van der Waals surface area (Å²) >= 11 is 6.52. The van der Waals surface area contributed by atoms with Gasteiger partial charge in [-0.2, -0.15) is 0 Å². The van der Waals surface area contributed by atoms with E-state index < -0.39 is 5.54 Å². The fourth-order valence-corrected chi connectivity index (χ4v) is 4.51. The number of benzene rings is 1. The summed E-state index contributed by atoms with van der Waals surface area (Å²) in [5.41, 5.74) is 2.00. The zero-order valence-corrected chi connectivity index (χ0v) is 15.7. The lowest BCUT2D eigenvalue weighted by molar-refractivity contribution is -0.109. The average molecular weight is 391 g/mol. The first-order valence-corrected chi connectivity index (χ1v) is 9.73. The van der Waals surface area contributed by atoms with Crippen molar-refractivity contribution in [1.29, 1.82) is 0 Å². The van der Waals surface area contributed by atoms with Gasteiger partial charge in [-0.3, -0.25) is 4.79 Å². The van der Waals surface area contributed by atoms with Crippen LogP contribution in [-0.2, 0) is 16.9 Å². The predicted molar refractivity (Wildman–Crippen MR) is 104 cm³/mol. The lowest BCUT2D eigenvalue weighted by Crippen LogP contribution is -2.52. The van der Waals surface area contributed by atoms with E-state index in [0.29, 0.717) is 36.8 Å². The molecule has 3 amide bonds. The van der Waals surface area contributed by atoms with E-state index in [1.807, 2.05) is 12.1 Å². The van der Waals surface area contributed by atoms with Crippen molar-refractivity contribution in [1.82, 2.24) is 16.0 Å². The maximum Gasteiger partial charge on any atom is 0.319 e. The molecule has 1 aromatic carbocycles. The predicted octanol–water partition coefficient (Wildman–Crippen LogP) is 3.22. The Morgan fingerprint density at radius 2 is 2.04 bits per heavy atom. The van der Waals surface area contributed by atoms with E-state index in [1.165, 1.54) is 6.42 Å². The number of amides is 3. The molecule has 1 aromatic heterocycles. The summed E-state index contributed by atoms with van der Waals surface area (Å²) in [6.45, 7) is 1.76. The second kappa shape index (κ2) is 7.40. The van der Waals surface area contributed by atoms with Crippen LogP contribution < -0.4 is 21.3 Å². The Morgan fingerprint density at radius 1 is 1.22 bits per heavy atom. The van der Waals surface area contributed by atoms with Gasteiger partial charge in [0.05, 0.1) is 22.8 Å². The van der Waals surface area contributed by atoms with Gasteiger partial charge in [0, 0.05) is 24.0 Å². The van der Waals surface area contributed by atoms with Crippen LogP contribution in [0.1, 0.15) is 43.4 Å². The van der Waals surface area contributed by atoms with E-state index in [9.17, 15) is 9.59 Å². The van der Waals surface area contributed by atoms with Gasteiger partial charge in [0.2, 0.25) is 6.41 Å². The minimum absolute atomic E-state index is 0.207. The van der Waals surface area contributed by atoms with E-state index >= 15 is 0 Å². The topological polar surface area (TPSA) is 95.4 Å². The smallest absolute Gasteiger partial charge is 0.319 e. The zero-order valence-electron chi connectivity index (χ0n) is 15.0. The zero-order chi connectivity index (χ0) is 18.9. The van der Waals surface area contributed by atoms with Crippen LogP contribution in [-0.4, -0.2) is 25.5 Å². The quantitative estimate of drug-likeness (QED) is 0.450. The van der Waals surface area contributed by atoms with Crippen LogP contribution in [0.25, 0.3) is 11.0 Å². The number of anilines is 1. The highest BCUT2D eigenvalue weighted by atomic mass is 35.5. The molecule has 0 atom stereocenters. The molecular formula is C19H23ClN4O3. The third kappa shape index (κ3) is 3.37. The molecule has 0 unspecified atom stereocenters. The Morgan fingerprint density at radius 3 is 2.81 bits per heavy atom. The van der Waals surface area contributed by atoms with Crippen LogP contribution in [0.2, 0.25) is 5.02 Å². The molecular weight excluding hydrogens is 368 g/mol. The average Bonchev–Trinajstić information content (AvgIpc) is 3.04. The van der Waals surface area contributed by atoms with E-state index in [4.69, 9.17) is 16.0 Å². The molecule has 2 aromatic rings. The molecule has 2 heterocycles. The number of carbonyl (C=O) groups is 2. The second-order valence-corrected chi connectivity index (χ2v) is 7.62. The number of urea groups is 1. The molecule has 1 aliphatic heterocycles. The molecule has 1 saturated carbocycles. The SMILES string of the molecule is O=CNCCNCc1cc2cc(Cl)c3c(c2o1)C1(CCCCC1)NC(=O)N3. The van der Waals surface area contributed by atoms with Crippen molar-refractivity contribution in [2.45, 2.75) is 44.2 Å². The van der Waals surface area contributed by atoms with Crippen molar-refractivity contribution >= 4 is 40.7 Å². The first-order chi connectivity index (χ1) is 13.1. The third-order valence-corrected chi connectivity index (χ3v) is 5.71. The van der Waals surface area contributed by atoms with E-state index in [0.717, 1.165) is 48.0 Å². The monoisotopic (exact) mass is 390 g/mol. The first kappa shape index (κ1) is 18.1. The summed E-state index contributed by atoms with van der Waals surface area (Å²) in [6.07, 6.45) is 5.75. The molecule has 0 bridgehead atoms. The van der Waals surface area contributed by atoms with Crippen LogP contribution >= 0.6 is 11.6 Å². The van der Waals surface area contributed by atoms with Gasteiger partial charge in [-0.1, -0.05) is 30.9 Å². The molecule has 0 saturated heterocycles. The summed E-state index contributed by atoms with van der Waals surface area (Å²) in [4.78, 5) is 22.6. The molecule has 7 nitrogen and oxygen atoms in total. The van der Waals surface area contributed by atoms with Crippen LogP contribution in [0, 0.1) is 0 Å². The molecule has 8 heteroatoms. The Balaban J connectivity index is 1.70. The van der Waals surface area contributed by atoms with Crippen molar-refractivity contribution in [2.24, 2.45) is 0 Å². The Labute approximate surface area is 162 Å². The number of halogens is 1. The highest BCUT2D eigenvalue weighted by Crippen LogP contribution is 2.48. The van der Waals surface area contributed by atoms with E-state index in [2.05, 4.69) is 21.3 Å². The molecule has 4 N–H and O–H groups in total. The molecule has 1 fully saturated rings. The largest absolute Gasteiger partial charge is 0.459 e. The molecule has 0 radical (unpaired) electrons. The maximum absolute atomic E-state index is 12.3. The highest BCUT2D eigenvalue weighted by Gasteiger charge is 2.43. The van der Waals surface area contributed by atoms with E-state index in [-0.39, 0.29) is 6.03 Å². The number of rotatable bonds is 6. The second-order valence-electron chi connectivity index (χ2n) is 7.21. The summed E-state index contributed by atoms with van der Waals surface area (Å²) in [6, 6.07) is 3.62. The molecule has 27 heavy (non-hydrogen) atoms. The van der Waals surface area contributed by atoms with Gasteiger partial charge >= 0.3 is 6.03 Å². The van der Waals surface area contributed by atoms with Crippen LogP contribution in [0.5, 0.6) is 0 Å².